The van der Waals surface area contributed by atoms with Crippen LogP contribution in [0.3, 0.4) is 0 Å². The summed E-state index contributed by atoms with van der Waals surface area (Å²) >= 11 is 0. The summed E-state index contributed by atoms with van der Waals surface area (Å²) in [6.45, 7) is 2.77. The quantitative estimate of drug-likeness (QED) is 0.700. The number of nitrogens with zero attached hydrogens (tertiary/aromatic N) is 6. The van der Waals surface area contributed by atoms with Gasteiger partial charge in [0.25, 0.3) is 0 Å². The van der Waals surface area contributed by atoms with Gasteiger partial charge in [0.05, 0.1) is 11.9 Å². The average Bonchev–Trinajstić information content (AvgIpc) is 3.62. The van der Waals surface area contributed by atoms with E-state index in [1.807, 2.05) is 18.5 Å². The second-order valence-electron chi connectivity index (χ2n) is 10.4. The number of amides is 1. The van der Waals surface area contributed by atoms with Crippen LogP contribution >= 0.6 is 0 Å². The summed E-state index contributed by atoms with van der Waals surface area (Å²) < 4.78 is 0. The summed E-state index contributed by atoms with van der Waals surface area (Å²) in [5, 5.41) is 6.41. The van der Waals surface area contributed by atoms with Crippen LogP contribution in [-0.4, -0.2) is 77.1 Å². The minimum Gasteiger partial charge on any atom is -0.355 e. The van der Waals surface area contributed by atoms with E-state index >= 15 is 0 Å². The van der Waals surface area contributed by atoms with E-state index in [2.05, 4.69) is 50.5 Å². The SMILES string of the molecule is CN(C)[C@@H]1CCN(c2ccc(Nc3ncc4c(n3)N(C3CCCC3)C3(CCNC3=O)C4)cn2)C1. The maximum absolute atomic E-state index is 13.0. The smallest absolute Gasteiger partial charge is 0.246 e. The third kappa shape index (κ3) is 3.57. The van der Waals surface area contributed by atoms with Crippen molar-refractivity contribution in [1.29, 1.82) is 0 Å². The average molecular weight is 463 g/mol. The van der Waals surface area contributed by atoms with E-state index in [1.165, 1.54) is 12.8 Å². The number of anilines is 4. The molecular formula is C25H34N8O. The van der Waals surface area contributed by atoms with E-state index in [9.17, 15) is 4.79 Å². The van der Waals surface area contributed by atoms with Gasteiger partial charge >= 0.3 is 0 Å². The summed E-state index contributed by atoms with van der Waals surface area (Å²) in [6.07, 6.45) is 11.1. The molecule has 0 bridgehead atoms. The van der Waals surface area contributed by atoms with Crippen molar-refractivity contribution in [3.05, 3.63) is 30.1 Å². The molecule has 9 nitrogen and oxygen atoms in total. The molecule has 1 aliphatic carbocycles. The molecule has 5 heterocycles. The summed E-state index contributed by atoms with van der Waals surface area (Å²) in [5.74, 6) is 2.63. The number of carbonyl (C=O) groups excluding carboxylic acids is 1. The van der Waals surface area contributed by atoms with Crippen molar-refractivity contribution in [3.63, 3.8) is 0 Å². The number of carbonyl (C=O) groups is 1. The van der Waals surface area contributed by atoms with Gasteiger partial charge in [-0.05, 0) is 51.9 Å². The van der Waals surface area contributed by atoms with Crippen LogP contribution in [0.5, 0.6) is 0 Å². The molecule has 1 amide bonds. The van der Waals surface area contributed by atoms with E-state index in [1.54, 1.807) is 0 Å². The predicted molar refractivity (Wildman–Crippen MR) is 133 cm³/mol. The van der Waals surface area contributed by atoms with Gasteiger partial charge in [0, 0.05) is 49.9 Å². The predicted octanol–water partition coefficient (Wildman–Crippen LogP) is 2.32. The number of rotatable bonds is 5. The fourth-order valence-electron chi connectivity index (χ4n) is 6.29. The lowest BCUT2D eigenvalue weighted by atomic mass is 9.91. The Kier molecular flexibility index (Phi) is 5.32. The van der Waals surface area contributed by atoms with Gasteiger partial charge in [-0.1, -0.05) is 12.8 Å². The van der Waals surface area contributed by atoms with E-state index < -0.39 is 5.54 Å². The topological polar surface area (TPSA) is 89.5 Å². The summed E-state index contributed by atoms with van der Waals surface area (Å²) in [6, 6.07) is 5.06. The molecule has 1 spiro atoms. The van der Waals surface area contributed by atoms with Crippen LogP contribution in [0.25, 0.3) is 0 Å². The fraction of sp³-hybridized carbons (Fsp3) is 0.600. The molecule has 3 aliphatic heterocycles. The lowest BCUT2D eigenvalue weighted by Crippen LogP contribution is -2.56. The molecule has 0 radical (unpaired) electrons. The van der Waals surface area contributed by atoms with Crippen molar-refractivity contribution in [2.24, 2.45) is 0 Å². The summed E-state index contributed by atoms with van der Waals surface area (Å²) in [7, 11) is 4.28. The number of fused-ring (bicyclic) bond motifs is 1. The molecule has 6 rings (SSSR count). The van der Waals surface area contributed by atoms with E-state index in [-0.39, 0.29) is 5.91 Å². The second kappa shape index (κ2) is 8.37. The first kappa shape index (κ1) is 21.6. The number of hydrogen-bond donors (Lipinski definition) is 2. The van der Waals surface area contributed by atoms with Crippen LogP contribution < -0.4 is 20.4 Å². The zero-order chi connectivity index (χ0) is 23.3. The minimum atomic E-state index is -0.492. The van der Waals surface area contributed by atoms with Crippen LogP contribution in [0.2, 0.25) is 0 Å². The zero-order valence-corrected chi connectivity index (χ0v) is 20.1. The van der Waals surface area contributed by atoms with Crippen LogP contribution in [0, 0.1) is 0 Å². The van der Waals surface area contributed by atoms with Gasteiger partial charge in [0.15, 0.2) is 0 Å². The normalized spacial score (nSPS) is 26.7. The molecule has 1 saturated carbocycles. The number of hydrogen-bond acceptors (Lipinski definition) is 8. The molecule has 2 aromatic heterocycles. The monoisotopic (exact) mass is 462 g/mol. The molecule has 180 valence electrons. The molecule has 0 aromatic carbocycles. The first-order valence-electron chi connectivity index (χ1n) is 12.6. The highest BCUT2D eigenvalue weighted by molar-refractivity contribution is 5.94. The van der Waals surface area contributed by atoms with Crippen molar-refractivity contribution in [3.8, 4) is 0 Å². The molecule has 3 fully saturated rings. The Morgan fingerprint density at radius 2 is 2.00 bits per heavy atom. The van der Waals surface area contributed by atoms with Gasteiger partial charge in [0.1, 0.15) is 17.2 Å². The standard InChI is InChI=1S/C25H34N8O/c1-31(2)20-9-12-32(16-20)21-8-7-18(15-27-21)29-24-28-14-17-13-25(10-11-26-23(25)34)33(22(17)30-24)19-5-3-4-6-19/h7-8,14-15,19-20H,3-6,9-13,16H2,1-2H3,(H,26,34)(H,28,29,30)/t20-,25?/m1/s1. The molecule has 34 heavy (non-hydrogen) atoms. The Hall–Kier alpha value is -2.94. The molecule has 1 unspecified atom stereocenters. The highest BCUT2D eigenvalue weighted by atomic mass is 16.2. The zero-order valence-electron chi connectivity index (χ0n) is 20.1. The van der Waals surface area contributed by atoms with Gasteiger partial charge in [-0.25, -0.2) is 9.97 Å². The van der Waals surface area contributed by atoms with Gasteiger partial charge < -0.3 is 25.3 Å². The van der Waals surface area contributed by atoms with E-state index in [0.717, 1.165) is 68.2 Å². The van der Waals surface area contributed by atoms with Crippen molar-refractivity contribution in [2.45, 2.75) is 62.6 Å². The molecule has 2 aromatic rings. The lowest BCUT2D eigenvalue weighted by molar-refractivity contribution is -0.123. The van der Waals surface area contributed by atoms with Crippen molar-refractivity contribution in [1.82, 2.24) is 25.2 Å². The summed E-state index contributed by atoms with van der Waals surface area (Å²) in [4.78, 5) is 34.2. The summed E-state index contributed by atoms with van der Waals surface area (Å²) in [5.41, 5.74) is 1.45. The fourth-order valence-corrected chi connectivity index (χ4v) is 6.29. The highest BCUT2D eigenvalue weighted by Gasteiger charge is 2.55. The largest absolute Gasteiger partial charge is 0.355 e. The van der Waals surface area contributed by atoms with Crippen molar-refractivity contribution < 1.29 is 4.79 Å². The number of pyridine rings is 1. The number of nitrogens with one attached hydrogen (secondary N) is 2. The van der Waals surface area contributed by atoms with Crippen LogP contribution in [0.15, 0.2) is 24.5 Å². The minimum absolute atomic E-state index is 0.144. The van der Waals surface area contributed by atoms with Gasteiger partial charge in [0.2, 0.25) is 11.9 Å². The van der Waals surface area contributed by atoms with Gasteiger partial charge in [-0.15, -0.1) is 0 Å². The van der Waals surface area contributed by atoms with Crippen LogP contribution in [0.4, 0.5) is 23.3 Å². The van der Waals surface area contributed by atoms with E-state index in [0.29, 0.717) is 24.5 Å². The van der Waals surface area contributed by atoms with Crippen LogP contribution in [0.1, 0.15) is 44.1 Å². The molecule has 2 atom stereocenters. The Labute approximate surface area is 201 Å². The second-order valence-corrected chi connectivity index (χ2v) is 10.4. The lowest BCUT2D eigenvalue weighted by Gasteiger charge is -2.38. The molecule has 4 aliphatic rings. The highest BCUT2D eigenvalue weighted by Crippen LogP contribution is 2.46. The Morgan fingerprint density at radius 1 is 1.15 bits per heavy atom. The third-order valence-electron chi connectivity index (χ3n) is 8.17. The van der Waals surface area contributed by atoms with Gasteiger partial charge in [-0.3, -0.25) is 4.79 Å². The third-order valence-corrected chi connectivity index (χ3v) is 8.17. The van der Waals surface area contributed by atoms with E-state index in [4.69, 9.17) is 9.97 Å². The Morgan fingerprint density at radius 3 is 2.68 bits per heavy atom. The molecular weight excluding hydrogens is 428 g/mol. The first-order valence-corrected chi connectivity index (χ1v) is 12.6. The molecule has 9 heteroatoms. The van der Waals surface area contributed by atoms with Gasteiger partial charge in [-0.2, -0.15) is 4.98 Å². The molecule has 2 saturated heterocycles. The van der Waals surface area contributed by atoms with Crippen molar-refractivity contribution >= 4 is 29.2 Å². The Balaban J connectivity index is 1.22. The molecule has 2 N–H and O–H groups in total. The number of aromatic nitrogens is 3. The Bertz CT molecular complexity index is 1070. The maximum atomic E-state index is 13.0. The van der Waals surface area contributed by atoms with Crippen molar-refractivity contribution in [2.75, 3.05) is 48.8 Å². The number of likely N-dealkylation sites (N-methyl/N-ethyl adjacent to an activating group) is 1. The maximum Gasteiger partial charge on any atom is 0.246 e. The van der Waals surface area contributed by atoms with Crippen LogP contribution in [-0.2, 0) is 11.2 Å². The first-order chi connectivity index (χ1) is 16.5.